The Kier molecular flexibility index (Phi) is 7.70. The van der Waals surface area contributed by atoms with Gasteiger partial charge < -0.3 is 20.1 Å². The van der Waals surface area contributed by atoms with E-state index in [-0.39, 0.29) is 25.2 Å². The molecule has 0 aliphatic heterocycles. The van der Waals surface area contributed by atoms with Crippen molar-refractivity contribution in [3.63, 3.8) is 0 Å². The molecule has 0 saturated heterocycles. The van der Waals surface area contributed by atoms with Crippen LogP contribution in [0.1, 0.15) is 13.3 Å². The van der Waals surface area contributed by atoms with E-state index in [0.717, 1.165) is 0 Å². The van der Waals surface area contributed by atoms with E-state index >= 15 is 0 Å². The summed E-state index contributed by atoms with van der Waals surface area (Å²) in [5.74, 6) is -0.835. The van der Waals surface area contributed by atoms with Gasteiger partial charge in [-0.15, -0.1) is 0 Å². The van der Waals surface area contributed by atoms with E-state index in [1.54, 1.807) is 31.2 Å². The minimum absolute atomic E-state index is 0.0342. The molecule has 0 saturated carbocycles. The SMILES string of the molecule is COC(=O)C(C)CN(CCCO)C(=O)Nc1cccc(Cl)c1. The van der Waals surface area contributed by atoms with Gasteiger partial charge in [-0.25, -0.2) is 4.79 Å². The molecule has 0 aliphatic rings. The average Bonchev–Trinajstić information content (AvgIpc) is 2.50. The van der Waals surface area contributed by atoms with Gasteiger partial charge in [0, 0.05) is 30.4 Å². The van der Waals surface area contributed by atoms with Crippen molar-refractivity contribution in [3.05, 3.63) is 29.3 Å². The fourth-order valence-electron chi connectivity index (χ4n) is 1.91. The molecular weight excluding hydrogens is 308 g/mol. The van der Waals surface area contributed by atoms with Crippen molar-refractivity contribution in [1.82, 2.24) is 4.90 Å². The zero-order chi connectivity index (χ0) is 16.5. The van der Waals surface area contributed by atoms with Crippen LogP contribution in [0.15, 0.2) is 24.3 Å². The molecular formula is C15H21ClN2O4. The predicted octanol–water partition coefficient (Wildman–Crippen LogP) is 2.37. The van der Waals surface area contributed by atoms with Gasteiger partial charge in [-0.3, -0.25) is 4.79 Å². The van der Waals surface area contributed by atoms with Gasteiger partial charge in [-0.05, 0) is 24.6 Å². The number of ether oxygens (including phenoxy) is 1. The number of carbonyl (C=O) groups excluding carboxylic acids is 2. The van der Waals surface area contributed by atoms with Crippen LogP contribution in [0.2, 0.25) is 5.02 Å². The first kappa shape index (κ1) is 18.3. The van der Waals surface area contributed by atoms with Gasteiger partial charge >= 0.3 is 12.0 Å². The Hall–Kier alpha value is -1.79. The Labute approximate surface area is 135 Å². The third kappa shape index (κ3) is 5.91. The van der Waals surface area contributed by atoms with Crippen molar-refractivity contribution in [1.29, 1.82) is 0 Å². The van der Waals surface area contributed by atoms with Crippen LogP contribution in [0, 0.1) is 5.92 Å². The van der Waals surface area contributed by atoms with Crippen LogP contribution in [0.25, 0.3) is 0 Å². The normalized spacial score (nSPS) is 11.6. The number of urea groups is 1. The number of aliphatic hydroxyl groups excluding tert-OH is 1. The molecule has 1 atom stereocenters. The van der Waals surface area contributed by atoms with Crippen LogP contribution < -0.4 is 5.32 Å². The van der Waals surface area contributed by atoms with E-state index in [1.807, 2.05) is 0 Å². The molecule has 7 heteroatoms. The second-order valence-corrected chi connectivity index (χ2v) is 5.32. The standard InChI is InChI=1S/C15H21ClN2O4/c1-11(14(20)22-2)10-18(7-4-8-19)15(21)17-13-6-3-5-12(16)9-13/h3,5-6,9,11,19H,4,7-8,10H2,1-2H3,(H,17,21). The number of nitrogens with one attached hydrogen (secondary N) is 1. The summed E-state index contributed by atoms with van der Waals surface area (Å²) in [6.45, 7) is 2.20. The van der Waals surface area contributed by atoms with Crippen molar-refractivity contribution in [2.75, 3.05) is 32.1 Å². The summed E-state index contributed by atoms with van der Waals surface area (Å²) in [5, 5.41) is 12.2. The van der Waals surface area contributed by atoms with E-state index in [0.29, 0.717) is 23.7 Å². The van der Waals surface area contributed by atoms with E-state index in [2.05, 4.69) is 10.1 Å². The van der Waals surface area contributed by atoms with Gasteiger partial charge in [0.25, 0.3) is 0 Å². The summed E-state index contributed by atoms with van der Waals surface area (Å²) in [5.41, 5.74) is 0.567. The van der Waals surface area contributed by atoms with Crippen molar-refractivity contribution in [3.8, 4) is 0 Å². The Bertz CT molecular complexity index is 510. The predicted molar refractivity (Wildman–Crippen MR) is 84.9 cm³/mol. The van der Waals surface area contributed by atoms with Crippen molar-refractivity contribution >= 4 is 29.3 Å². The summed E-state index contributed by atoms with van der Waals surface area (Å²) >= 11 is 5.88. The van der Waals surface area contributed by atoms with E-state index < -0.39 is 5.92 Å². The second kappa shape index (κ2) is 9.27. The summed E-state index contributed by atoms with van der Waals surface area (Å²) in [7, 11) is 1.31. The largest absolute Gasteiger partial charge is 0.469 e. The molecule has 1 aromatic rings. The van der Waals surface area contributed by atoms with Crippen molar-refractivity contribution in [2.45, 2.75) is 13.3 Å². The first-order chi connectivity index (χ1) is 10.5. The fourth-order valence-corrected chi connectivity index (χ4v) is 2.10. The lowest BCUT2D eigenvalue weighted by atomic mass is 10.1. The number of halogens is 1. The van der Waals surface area contributed by atoms with E-state index in [1.165, 1.54) is 12.0 Å². The maximum absolute atomic E-state index is 12.3. The Morgan fingerprint density at radius 1 is 1.45 bits per heavy atom. The van der Waals surface area contributed by atoms with Crippen LogP contribution in [-0.4, -0.2) is 48.8 Å². The van der Waals surface area contributed by atoms with Crippen LogP contribution in [0.3, 0.4) is 0 Å². The Balaban J connectivity index is 2.73. The molecule has 6 nitrogen and oxygen atoms in total. The zero-order valence-electron chi connectivity index (χ0n) is 12.7. The highest BCUT2D eigenvalue weighted by Crippen LogP contribution is 2.16. The van der Waals surface area contributed by atoms with Crippen molar-refractivity contribution in [2.24, 2.45) is 5.92 Å². The van der Waals surface area contributed by atoms with Gasteiger partial charge in [-0.2, -0.15) is 0 Å². The molecule has 0 heterocycles. The smallest absolute Gasteiger partial charge is 0.321 e. The highest BCUT2D eigenvalue weighted by molar-refractivity contribution is 6.30. The third-order valence-electron chi connectivity index (χ3n) is 3.05. The number of esters is 1. The quantitative estimate of drug-likeness (QED) is 0.753. The maximum atomic E-state index is 12.3. The van der Waals surface area contributed by atoms with Crippen LogP contribution in [0.4, 0.5) is 10.5 Å². The first-order valence-corrected chi connectivity index (χ1v) is 7.36. The molecule has 122 valence electrons. The highest BCUT2D eigenvalue weighted by atomic mass is 35.5. The fraction of sp³-hybridized carbons (Fsp3) is 0.467. The second-order valence-electron chi connectivity index (χ2n) is 4.89. The van der Waals surface area contributed by atoms with Crippen LogP contribution in [-0.2, 0) is 9.53 Å². The summed E-state index contributed by atoms with van der Waals surface area (Å²) < 4.78 is 4.67. The summed E-state index contributed by atoms with van der Waals surface area (Å²) in [6, 6.07) is 6.43. The third-order valence-corrected chi connectivity index (χ3v) is 3.28. The molecule has 2 N–H and O–H groups in total. The molecule has 1 unspecified atom stereocenters. The lowest BCUT2D eigenvalue weighted by molar-refractivity contribution is -0.145. The van der Waals surface area contributed by atoms with Crippen LogP contribution >= 0.6 is 11.6 Å². The molecule has 0 radical (unpaired) electrons. The van der Waals surface area contributed by atoms with E-state index in [9.17, 15) is 9.59 Å². The van der Waals surface area contributed by atoms with Gasteiger partial charge in [0.2, 0.25) is 0 Å². The number of nitrogens with zero attached hydrogens (tertiary/aromatic N) is 1. The minimum atomic E-state index is -0.450. The summed E-state index contributed by atoms with van der Waals surface area (Å²) in [6.07, 6.45) is 0.427. The topological polar surface area (TPSA) is 78.9 Å². The molecule has 22 heavy (non-hydrogen) atoms. The lowest BCUT2D eigenvalue weighted by Gasteiger charge is -2.25. The van der Waals surface area contributed by atoms with Crippen LogP contribution in [0.5, 0.6) is 0 Å². The number of benzene rings is 1. The lowest BCUT2D eigenvalue weighted by Crippen LogP contribution is -2.40. The number of aliphatic hydroxyl groups is 1. The number of rotatable bonds is 7. The number of hydrogen-bond donors (Lipinski definition) is 2. The molecule has 0 bridgehead atoms. The monoisotopic (exact) mass is 328 g/mol. The Morgan fingerprint density at radius 3 is 2.77 bits per heavy atom. The number of amides is 2. The molecule has 0 spiro atoms. The first-order valence-electron chi connectivity index (χ1n) is 6.98. The molecule has 0 aliphatic carbocycles. The average molecular weight is 329 g/mol. The van der Waals surface area contributed by atoms with E-state index in [4.69, 9.17) is 16.7 Å². The maximum Gasteiger partial charge on any atom is 0.321 e. The zero-order valence-corrected chi connectivity index (χ0v) is 13.5. The highest BCUT2D eigenvalue weighted by Gasteiger charge is 2.21. The molecule has 2 amide bonds. The molecule has 0 aromatic heterocycles. The van der Waals surface area contributed by atoms with Crippen molar-refractivity contribution < 1.29 is 19.4 Å². The van der Waals surface area contributed by atoms with Gasteiger partial charge in [0.15, 0.2) is 0 Å². The number of methoxy groups -OCH3 is 1. The van der Waals surface area contributed by atoms with Gasteiger partial charge in [0.05, 0.1) is 13.0 Å². The Morgan fingerprint density at radius 2 is 2.18 bits per heavy atom. The number of hydrogen-bond acceptors (Lipinski definition) is 4. The van der Waals surface area contributed by atoms with Gasteiger partial charge in [0.1, 0.15) is 0 Å². The minimum Gasteiger partial charge on any atom is -0.469 e. The number of anilines is 1. The molecule has 1 rings (SSSR count). The summed E-state index contributed by atoms with van der Waals surface area (Å²) in [4.78, 5) is 25.3. The van der Waals surface area contributed by atoms with Gasteiger partial charge in [-0.1, -0.05) is 24.6 Å². The molecule has 1 aromatic carbocycles. The number of carbonyl (C=O) groups is 2. The molecule has 0 fully saturated rings.